The van der Waals surface area contributed by atoms with E-state index in [9.17, 15) is 9.59 Å². The Labute approximate surface area is 114 Å². The zero-order chi connectivity index (χ0) is 12.3. The molecule has 3 atom stereocenters. The molecule has 1 saturated carbocycles. The molecule has 5 nitrogen and oxygen atoms in total. The van der Waals surface area contributed by atoms with Gasteiger partial charge in [-0.3, -0.25) is 9.59 Å². The summed E-state index contributed by atoms with van der Waals surface area (Å²) in [6.45, 7) is 0.559. The molecule has 104 valence electrons. The van der Waals surface area contributed by atoms with Gasteiger partial charge in [0.1, 0.15) is 0 Å². The van der Waals surface area contributed by atoms with Gasteiger partial charge < -0.3 is 16.4 Å². The molecule has 1 aliphatic heterocycles. The van der Waals surface area contributed by atoms with Crippen molar-refractivity contribution < 1.29 is 9.59 Å². The highest BCUT2D eigenvalue weighted by Crippen LogP contribution is 2.23. The van der Waals surface area contributed by atoms with Gasteiger partial charge in [0.25, 0.3) is 0 Å². The van der Waals surface area contributed by atoms with E-state index in [1.165, 1.54) is 0 Å². The number of hydrogen-bond donors (Lipinski definition) is 3. The zero-order valence-electron chi connectivity index (χ0n) is 10.5. The van der Waals surface area contributed by atoms with Crippen molar-refractivity contribution in [1.82, 2.24) is 10.6 Å². The van der Waals surface area contributed by atoms with E-state index < -0.39 is 0 Å². The first-order valence-corrected chi connectivity index (χ1v) is 6.48. The highest BCUT2D eigenvalue weighted by Gasteiger charge is 2.27. The van der Waals surface area contributed by atoms with Crippen LogP contribution in [0.4, 0.5) is 0 Å². The third kappa shape index (κ3) is 4.14. The maximum absolute atomic E-state index is 12.0. The van der Waals surface area contributed by atoms with E-state index in [1.807, 2.05) is 0 Å². The molecule has 6 heteroatoms. The van der Waals surface area contributed by atoms with Gasteiger partial charge in [0.2, 0.25) is 11.8 Å². The van der Waals surface area contributed by atoms with Crippen LogP contribution < -0.4 is 16.4 Å². The molecule has 1 saturated heterocycles. The number of hydrogen-bond acceptors (Lipinski definition) is 3. The highest BCUT2D eigenvalue weighted by molar-refractivity contribution is 5.85. The van der Waals surface area contributed by atoms with Crippen LogP contribution in [-0.2, 0) is 9.59 Å². The summed E-state index contributed by atoms with van der Waals surface area (Å²) < 4.78 is 0. The molecule has 0 aromatic rings. The Balaban J connectivity index is 0.00000162. The fraction of sp³-hybridized carbons (Fsp3) is 0.833. The normalized spacial score (nSPS) is 32.1. The fourth-order valence-corrected chi connectivity index (χ4v) is 2.64. The average molecular weight is 276 g/mol. The largest absolute Gasteiger partial charge is 0.354 e. The molecule has 0 spiro atoms. The molecule has 0 bridgehead atoms. The monoisotopic (exact) mass is 275 g/mol. The predicted molar refractivity (Wildman–Crippen MR) is 71.4 cm³/mol. The molecule has 0 aromatic carbocycles. The summed E-state index contributed by atoms with van der Waals surface area (Å²) in [5.41, 5.74) is 5.88. The van der Waals surface area contributed by atoms with Crippen molar-refractivity contribution in [2.75, 3.05) is 6.54 Å². The molecule has 3 unspecified atom stereocenters. The lowest BCUT2D eigenvalue weighted by atomic mass is 9.85. The number of nitrogens with two attached hydrogens (primary N) is 1. The predicted octanol–water partition coefficient (Wildman–Crippen LogP) is 0.320. The number of halogens is 1. The van der Waals surface area contributed by atoms with Crippen LogP contribution in [0, 0.1) is 5.92 Å². The van der Waals surface area contributed by atoms with Crippen LogP contribution in [0.2, 0.25) is 0 Å². The Morgan fingerprint density at radius 3 is 2.72 bits per heavy atom. The van der Waals surface area contributed by atoms with Gasteiger partial charge in [-0.2, -0.15) is 0 Å². The minimum absolute atomic E-state index is 0. The van der Waals surface area contributed by atoms with Crippen LogP contribution >= 0.6 is 12.4 Å². The van der Waals surface area contributed by atoms with Gasteiger partial charge in [-0.15, -0.1) is 12.4 Å². The summed E-state index contributed by atoms with van der Waals surface area (Å²) in [4.78, 5) is 23.0. The van der Waals surface area contributed by atoms with Crippen molar-refractivity contribution in [3.05, 3.63) is 0 Å². The topological polar surface area (TPSA) is 84.2 Å². The summed E-state index contributed by atoms with van der Waals surface area (Å²) in [7, 11) is 0. The second kappa shape index (κ2) is 6.95. The molecule has 0 aromatic heterocycles. The SMILES string of the molecule is Cl.NC1CCCC(C(=O)NC2CCC(=O)NC2)C1. The number of nitrogens with one attached hydrogen (secondary N) is 2. The highest BCUT2D eigenvalue weighted by atomic mass is 35.5. The van der Waals surface area contributed by atoms with Crippen LogP contribution in [0.5, 0.6) is 0 Å². The first-order valence-electron chi connectivity index (χ1n) is 6.48. The van der Waals surface area contributed by atoms with E-state index in [0.717, 1.165) is 32.1 Å². The van der Waals surface area contributed by atoms with Crippen LogP contribution in [0.1, 0.15) is 38.5 Å². The third-order valence-electron chi connectivity index (χ3n) is 3.70. The van der Waals surface area contributed by atoms with Crippen LogP contribution in [-0.4, -0.2) is 30.4 Å². The molecule has 1 aliphatic carbocycles. The van der Waals surface area contributed by atoms with Crippen LogP contribution in [0.15, 0.2) is 0 Å². The minimum atomic E-state index is 0. The molecular weight excluding hydrogens is 254 g/mol. The van der Waals surface area contributed by atoms with E-state index in [0.29, 0.717) is 13.0 Å². The van der Waals surface area contributed by atoms with Crippen molar-refractivity contribution in [2.24, 2.45) is 11.7 Å². The first kappa shape index (κ1) is 15.2. The average Bonchev–Trinajstić information content (AvgIpc) is 2.32. The Hall–Kier alpha value is -0.810. The Morgan fingerprint density at radius 2 is 2.11 bits per heavy atom. The smallest absolute Gasteiger partial charge is 0.223 e. The second-order valence-corrected chi connectivity index (χ2v) is 5.17. The van der Waals surface area contributed by atoms with Gasteiger partial charge in [-0.05, 0) is 25.7 Å². The lowest BCUT2D eigenvalue weighted by Crippen LogP contribution is -2.50. The molecule has 2 amide bonds. The quantitative estimate of drug-likeness (QED) is 0.679. The summed E-state index contributed by atoms with van der Waals surface area (Å²) in [5, 5.41) is 5.79. The second-order valence-electron chi connectivity index (χ2n) is 5.17. The number of carbonyl (C=O) groups is 2. The molecule has 2 aliphatic rings. The van der Waals surface area contributed by atoms with Crippen LogP contribution in [0.25, 0.3) is 0 Å². The van der Waals surface area contributed by atoms with Gasteiger partial charge in [0.05, 0.1) is 0 Å². The molecule has 18 heavy (non-hydrogen) atoms. The van der Waals surface area contributed by atoms with Crippen LogP contribution in [0.3, 0.4) is 0 Å². The lowest BCUT2D eigenvalue weighted by Gasteiger charge is -2.29. The fourth-order valence-electron chi connectivity index (χ4n) is 2.64. The van der Waals surface area contributed by atoms with E-state index in [2.05, 4.69) is 10.6 Å². The number of carbonyl (C=O) groups excluding carboxylic acids is 2. The zero-order valence-corrected chi connectivity index (χ0v) is 11.3. The Kier molecular flexibility index (Phi) is 5.88. The first-order chi connectivity index (χ1) is 8.15. The summed E-state index contributed by atoms with van der Waals surface area (Å²) in [6.07, 6.45) is 5.07. The number of amides is 2. The van der Waals surface area contributed by atoms with E-state index in [-0.39, 0.29) is 42.2 Å². The van der Waals surface area contributed by atoms with Crippen molar-refractivity contribution >= 4 is 24.2 Å². The third-order valence-corrected chi connectivity index (χ3v) is 3.70. The maximum atomic E-state index is 12.0. The summed E-state index contributed by atoms with van der Waals surface area (Å²) in [6, 6.07) is 0.268. The van der Waals surface area contributed by atoms with Gasteiger partial charge in [0, 0.05) is 31.0 Å². The molecular formula is C12H22ClN3O2. The van der Waals surface area contributed by atoms with Gasteiger partial charge in [0.15, 0.2) is 0 Å². The Morgan fingerprint density at radius 1 is 1.33 bits per heavy atom. The van der Waals surface area contributed by atoms with Gasteiger partial charge in [-0.25, -0.2) is 0 Å². The molecule has 2 rings (SSSR count). The molecule has 4 N–H and O–H groups in total. The van der Waals surface area contributed by atoms with Crippen molar-refractivity contribution in [1.29, 1.82) is 0 Å². The molecule has 2 fully saturated rings. The number of rotatable bonds is 2. The minimum Gasteiger partial charge on any atom is -0.354 e. The maximum Gasteiger partial charge on any atom is 0.223 e. The lowest BCUT2D eigenvalue weighted by molar-refractivity contribution is -0.128. The van der Waals surface area contributed by atoms with Crippen molar-refractivity contribution in [3.8, 4) is 0 Å². The van der Waals surface area contributed by atoms with Gasteiger partial charge >= 0.3 is 0 Å². The molecule has 0 radical (unpaired) electrons. The number of piperidine rings is 1. The Bertz CT molecular complexity index is 302. The van der Waals surface area contributed by atoms with Gasteiger partial charge in [-0.1, -0.05) is 6.42 Å². The summed E-state index contributed by atoms with van der Waals surface area (Å²) >= 11 is 0. The summed E-state index contributed by atoms with van der Waals surface area (Å²) in [5.74, 6) is 0.257. The standard InChI is InChI=1S/C12H21N3O2.ClH/c13-9-3-1-2-8(6-9)12(17)15-10-4-5-11(16)14-7-10;/h8-10H,1-7,13H2,(H,14,16)(H,15,17);1H. The van der Waals surface area contributed by atoms with Crippen molar-refractivity contribution in [2.45, 2.75) is 50.6 Å². The van der Waals surface area contributed by atoms with E-state index in [1.54, 1.807) is 0 Å². The van der Waals surface area contributed by atoms with E-state index >= 15 is 0 Å². The molecule has 1 heterocycles. The van der Waals surface area contributed by atoms with E-state index in [4.69, 9.17) is 5.73 Å². The van der Waals surface area contributed by atoms with Crippen molar-refractivity contribution in [3.63, 3.8) is 0 Å².